The van der Waals surface area contributed by atoms with Crippen molar-refractivity contribution < 1.29 is 52.8 Å². The van der Waals surface area contributed by atoms with Crippen LogP contribution in [0.5, 0.6) is 17.2 Å². The molecule has 190 valence electrons. The molecule has 0 radical (unpaired) electrons. The summed E-state index contributed by atoms with van der Waals surface area (Å²) in [6.45, 7) is -0.155. The number of para-hydroxylation sites is 1. The van der Waals surface area contributed by atoms with E-state index in [9.17, 15) is 34.1 Å². The molecule has 0 heterocycles. The normalized spacial score (nSPS) is 10.1. The van der Waals surface area contributed by atoms with E-state index in [4.69, 9.17) is 19.9 Å². The van der Waals surface area contributed by atoms with Crippen LogP contribution in [0.2, 0.25) is 0 Å². The van der Waals surface area contributed by atoms with E-state index >= 15 is 0 Å². The van der Waals surface area contributed by atoms with Gasteiger partial charge in [0.05, 0.1) is 36.4 Å². The van der Waals surface area contributed by atoms with Gasteiger partial charge < -0.3 is 29.5 Å². The molecule has 2 aromatic rings. The molecule has 0 spiro atoms. The Labute approximate surface area is 202 Å². The summed E-state index contributed by atoms with van der Waals surface area (Å²) in [4.78, 5) is 74.9. The number of esters is 3. The topological polar surface area (TPSA) is 201 Å². The zero-order chi connectivity index (χ0) is 26.7. The van der Waals surface area contributed by atoms with Gasteiger partial charge in [0.2, 0.25) is 5.78 Å². The Balaban J connectivity index is 2.65. The molecule has 36 heavy (non-hydrogen) atoms. The molecule has 14 nitrogen and oxygen atoms in total. The number of ether oxygens (including phenoxy) is 4. The number of carbonyl (C=O) groups excluding carboxylic acids is 5. The molecule has 0 bridgehead atoms. The van der Waals surface area contributed by atoms with Crippen LogP contribution in [0.4, 0.5) is 0 Å². The number of hydrogen-bond acceptors (Lipinski definition) is 13. The standard InChI is InChI=1S/C22H20N2O12/c1-13(26)35-16-6-3-2-5-14(16)20(28)19-15(22(29)33-12-25)7-8-17(21(19)36-18(27)11-23)32-9-4-10-34-24(30)31/h2-3,5-8,12H,4,9-11,23H2,1H3. The molecule has 0 aromatic heterocycles. The molecule has 2 N–H and O–H groups in total. The minimum atomic E-state index is -1.26. The third-order valence-corrected chi connectivity index (χ3v) is 4.23. The van der Waals surface area contributed by atoms with Crippen molar-refractivity contribution in [1.82, 2.24) is 0 Å². The lowest BCUT2D eigenvalue weighted by Crippen LogP contribution is -2.23. The summed E-state index contributed by atoms with van der Waals surface area (Å²) in [5.41, 5.74) is 4.09. The van der Waals surface area contributed by atoms with Gasteiger partial charge in [-0.2, -0.15) is 0 Å². The third-order valence-electron chi connectivity index (χ3n) is 4.23. The van der Waals surface area contributed by atoms with Crippen LogP contribution < -0.4 is 19.9 Å². The highest BCUT2D eigenvalue weighted by Crippen LogP contribution is 2.37. The number of nitrogens with zero attached hydrogens (tertiary/aromatic N) is 1. The summed E-state index contributed by atoms with van der Waals surface area (Å²) in [6.07, 6.45) is 0.0265. The highest BCUT2D eigenvalue weighted by molar-refractivity contribution is 6.18. The van der Waals surface area contributed by atoms with E-state index in [-0.39, 0.29) is 43.2 Å². The Morgan fingerprint density at radius 2 is 1.72 bits per heavy atom. The van der Waals surface area contributed by atoms with Crippen LogP contribution in [0.1, 0.15) is 39.6 Å². The molecule has 2 rings (SSSR count). The van der Waals surface area contributed by atoms with Crippen molar-refractivity contribution in [1.29, 1.82) is 0 Å². The summed E-state index contributed by atoms with van der Waals surface area (Å²) in [5, 5.41) is 9.29. The molecule has 0 aliphatic heterocycles. The van der Waals surface area contributed by atoms with Gasteiger partial charge in [0, 0.05) is 13.3 Å². The number of nitrogens with two attached hydrogens (primary N) is 1. The number of hydrogen-bond donors (Lipinski definition) is 1. The fourth-order valence-corrected chi connectivity index (χ4v) is 2.85. The zero-order valence-electron chi connectivity index (χ0n) is 18.8. The second-order valence-electron chi connectivity index (χ2n) is 6.67. The summed E-state index contributed by atoms with van der Waals surface area (Å²) in [7, 11) is 0. The van der Waals surface area contributed by atoms with E-state index in [1.54, 1.807) is 0 Å². The molecule has 0 atom stereocenters. The second-order valence-corrected chi connectivity index (χ2v) is 6.67. The van der Waals surface area contributed by atoms with Gasteiger partial charge in [-0.05, 0) is 24.3 Å². The fraction of sp³-hybridized carbons (Fsp3) is 0.227. The number of ketones is 1. The maximum Gasteiger partial charge on any atom is 0.346 e. The Kier molecular flexibility index (Phi) is 10.0. The maximum absolute atomic E-state index is 13.6. The van der Waals surface area contributed by atoms with Crippen molar-refractivity contribution in [3.8, 4) is 17.2 Å². The van der Waals surface area contributed by atoms with E-state index in [0.29, 0.717) is 0 Å². The molecule has 0 saturated heterocycles. The van der Waals surface area contributed by atoms with Crippen molar-refractivity contribution in [3.63, 3.8) is 0 Å². The molecule has 0 amide bonds. The smallest absolute Gasteiger partial charge is 0.346 e. The fourth-order valence-electron chi connectivity index (χ4n) is 2.85. The van der Waals surface area contributed by atoms with Gasteiger partial charge in [0.15, 0.2) is 11.5 Å². The lowest BCUT2D eigenvalue weighted by molar-refractivity contribution is -0.757. The highest BCUT2D eigenvalue weighted by Gasteiger charge is 2.30. The molecule has 0 aliphatic rings. The van der Waals surface area contributed by atoms with Gasteiger partial charge in [-0.1, -0.05) is 12.1 Å². The molecule has 2 aromatic carbocycles. The monoisotopic (exact) mass is 504 g/mol. The molecular formula is C22H20N2O12. The quantitative estimate of drug-likeness (QED) is 0.0592. The lowest BCUT2D eigenvalue weighted by atomic mass is 9.96. The Morgan fingerprint density at radius 3 is 2.36 bits per heavy atom. The van der Waals surface area contributed by atoms with Gasteiger partial charge >= 0.3 is 24.4 Å². The van der Waals surface area contributed by atoms with Gasteiger partial charge in [0.1, 0.15) is 5.75 Å². The van der Waals surface area contributed by atoms with Crippen molar-refractivity contribution in [3.05, 3.63) is 63.2 Å². The predicted octanol–water partition coefficient (Wildman–Crippen LogP) is 0.997. The molecule has 0 aliphatic carbocycles. The summed E-state index contributed by atoms with van der Waals surface area (Å²) >= 11 is 0. The van der Waals surface area contributed by atoms with Crippen molar-refractivity contribution >= 4 is 30.2 Å². The van der Waals surface area contributed by atoms with Crippen molar-refractivity contribution in [2.24, 2.45) is 5.73 Å². The van der Waals surface area contributed by atoms with Crippen LogP contribution in [-0.4, -0.2) is 55.0 Å². The van der Waals surface area contributed by atoms with E-state index in [2.05, 4.69) is 9.57 Å². The minimum Gasteiger partial charge on any atom is -0.490 e. The summed E-state index contributed by atoms with van der Waals surface area (Å²) < 4.78 is 20.1. The van der Waals surface area contributed by atoms with Crippen LogP contribution in [0.25, 0.3) is 0 Å². The number of rotatable bonds is 13. The first-order valence-corrected chi connectivity index (χ1v) is 10.1. The molecular weight excluding hydrogens is 484 g/mol. The van der Waals surface area contributed by atoms with Gasteiger partial charge in [-0.3, -0.25) is 19.2 Å². The first-order chi connectivity index (χ1) is 17.2. The first-order valence-electron chi connectivity index (χ1n) is 10.1. The Bertz CT molecular complexity index is 1180. The Morgan fingerprint density at radius 1 is 1.00 bits per heavy atom. The summed E-state index contributed by atoms with van der Waals surface area (Å²) in [6, 6.07) is 7.77. The van der Waals surface area contributed by atoms with Crippen LogP contribution in [0, 0.1) is 10.1 Å². The molecule has 14 heteroatoms. The largest absolute Gasteiger partial charge is 0.490 e. The molecule has 0 unspecified atom stereocenters. The molecule has 0 saturated carbocycles. The first kappa shape index (κ1) is 27.4. The Hall–Kier alpha value is -4.85. The second kappa shape index (κ2) is 13.1. The highest BCUT2D eigenvalue weighted by atomic mass is 16.9. The number of carbonyl (C=O) groups is 5. The van der Waals surface area contributed by atoms with Gasteiger partial charge in [-0.25, -0.2) is 4.79 Å². The van der Waals surface area contributed by atoms with Crippen molar-refractivity contribution in [2.75, 3.05) is 19.8 Å². The average Bonchev–Trinajstić information content (AvgIpc) is 2.83. The maximum atomic E-state index is 13.6. The SMILES string of the molecule is CC(=O)Oc1ccccc1C(=O)c1c(C(=O)OC=O)ccc(OCCCO[N+](=O)[O-])c1OC(=O)CN. The minimum absolute atomic E-state index is 0.0265. The van der Waals surface area contributed by atoms with E-state index in [1.165, 1.54) is 24.3 Å². The number of benzene rings is 2. The summed E-state index contributed by atoms with van der Waals surface area (Å²) in [5.74, 6) is -4.87. The van der Waals surface area contributed by atoms with Crippen LogP contribution >= 0.6 is 0 Å². The van der Waals surface area contributed by atoms with Crippen LogP contribution in [-0.2, 0) is 24.0 Å². The van der Waals surface area contributed by atoms with Crippen LogP contribution in [0.3, 0.4) is 0 Å². The molecule has 0 fully saturated rings. The zero-order valence-corrected chi connectivity index (χ0v) is 18.8. The van der Waals surface area contributed by atoms with Crippen molar-refractivity contribution in [2.45, 2.75) is 13.3 Å². The van der Waals surface area contributed by atoms with Crippen LogP contribution in [0.15, 0.2) is 36.4 Å². The van der Waals surface area contributed by atoms with E-state index in [0.717, 1.165) is 19.1 Å². The van der Waals surface area contributed by atoms with Gasteiger partial charge in [-0.15, -0.1) is 10.1 Å². The predicted molar refractivity (Wildman–Crippen MR) is 117 cm³/mol. The van der Waals surface area contributed by atoms with E-state index < -0.39 is 52.2 Å². The van der Waals surface area contributed by atoms with Gasteiger partial charge in [0.25, 0.3) is 5.09 Å². The average molecular weight is 504 g/mol. The third kappa shape index (κ3) is 7.33. The lowest BCUT2D eigenvalue weighted by Gasteiger charge is -2.18. The van der Waals surface area contributed by atoms with E-state index in [1.807, 2.05) is 0 Å².